The first-order valence-corrected chi connectivity index (χ1v) is 3.54. The topological polar surface area (TPSA) is 40.5 Å². The van der Waals surface area contributed by atoms with Crippen LogP contribution in [-0.2, 0) is 0 Å². The molecule has 34 valence electrons. The van der Waals surface area contributed by atoms with Crippen molar-refractivity contribution in [3.63, 3.8) is 0 Å². The molecule has 0 heterocycles. The molecule has 0 saturated heterocycles. The van der Waals surface area contributed by atoms with Gasteiger partial charge in [-0.3, -0.25) is 9.11 Å². The Morgan fingerprint density at radius 3 is 1.20 bits per heavy atom. The van der Waals surface area contributed by atoms with Crippen LogP contribution in [0.3, 0.4) is 0 Å². The Kier molecular flexibility index (Phi) is 1.22. The standard InChI is InChI=1S/C2H8O2S/c1-5(2,3)4/h3-4H,1-2H3. The predicted octanol–water partition coefficient (Wildman–Crippen LogP) is 0.997. The average molecular weight is 96.2 g/mol. The molecule has 0 unspecified atom stereocenters. The molecule has 5 heavy (non-hydrogen) atoms. The summed E-state index contributed by atoms with van der Waals surface area (Å²) >= 11 is 0. The van der Waals surface area contributed by atoms with Crippen molar-refractivity contribution in [3.05, 3.63) is 0 Å². The zero-order chi connectivity index (χ0) is 4.50. The number of hydrogen-bond acceptors (Lipinski definition) is 2. The highest BCUT2D eigenvalue weighted by Crippen LogP contribution is 2.25. The lowest BCUT2D eigenvalue weighted by atomic mass is 11.9. The molecule has 0 aliphatic carbocycles. The van der Waals surface area contributed by atoms with Gasteiger partial charge in [-0.2, -0.15) is 0 Å². The van der Waals surface area contributed by atoms with E-state index in [1.54, 1.807) is 0 Å². The minimum Gasteiger partial charge on any atom is -0.300 e. The number of hydrogen-bond donors (Lipinski definition) is 2. The molecule has 0 radical (unpaired) electrons. The average Bonchev–Trinajstić information content (AvgIpc) is 0.722. The fraction of sp³-hybridized carbons (Fsp3) is 1.00. The van der Waals surface area contributed by atoms with Crippen LogP contribution in [0.5, 0.6) is 0 Å². The van der Waals surface area contributed by atoms with Crippen LogP contribution in [-0.4, -0.2) is 21.6 Å². The van der Waals surface area contributed by atoms with Gasteiger partial charge in [0.15, 0.2) is 0 Å². The van der Waals surface area contributed by atoms with E-state index >= 15 is 0 Å². The smallest absolute Gasteiger partial charge is 0.0258 e. The van der Waals surface area contributed by atoms with Gasteiger partial charge < -0.3 is 0 Å². The lowest BCUT2D eigenvalue weighted by molar-refractivity contribution is 0.503. The highest BCUT2D eigenvalue weighted by Gasteiger charge is 1.84. The van der Waals surface area contributed by atoms with Gasteiger partial charge in [-0.1, -0.05) is 0 Å². The molecule has 2 nitrogen and oxygen atoms in total. The highest BCUT2D eigenvalue weighted by molar-refractivity contribution is 8.23. The second-order valence-corrected chi connectivity index (χ2v) is 3.66. The molecule has 0 aliphatic rings. The molecule has 0 amide bonds. The minimum atomic E-state index is -2.17. The second-order valence-electron chi connectivity index (χ2n) is 1.22. The Labute approximate surface area is 33.2 Å². The summed E-state index contributed by atoms with van der Waals surface area (Å²) in [5.74, 6) is 0. The van der Waals surface area contributed by atoms with Crippen LogP contribution in [0.1, 0.15) is 0 Å². The van der Waals surface area contributed by atoms with Crippen LogP contribution in [0.4, 0.5) is 0 Å². The van der Waals surface area contributed by atoms with Crippen molar-refractivity contribution in [2.24, 2.45) is 0 Å². The molecule has 0 atom stereocenters. The van der Waals surface area contributed by atoms with E-state index in [-0.39, 0.29) is 0 Å². The molecular weight excluding hydrogens is 88.1 g/mol. The Morgan fingerprint density at radius 1 is 1.20 bits per heavy atom. The van der Waals surface area contributed by atoms with Gasteiger partial charge in [-0.05, 0) is 0 Å². The van der Waals surface area contributed by atoms with Crippen LogP contribution >= 0.6 is 10.6 Å². The Balaban J connectivity index is 3.02. The second kappa shape index (κ2) is 1.16. The van der Waals surface area contributed by atoms with Crippen molar-refractivity contribution in [3.8, 4) is 0 Å². The molecule has 2 N–H and O–H groups in total. The SMILES string of the molecule is CS(C)(O)O. The zero-order valence-corrected chi connectivity index (χ0v) is 4.12. The molecule has 0 aromatic heterocycles. The molecule has 0 saturated carbocycles. The van der Waals surface area contributed by atoms with E-state index in [0.29, 0.717) is 0 Å². The Morgan fingerprint density at radius 2 is 1.20 bits per heavy atom. The van der Waals surface area contributed by atoms with E-state index in [1.807, 2.05) is 0 Å². The molecular formula is C2H8O2S. The van der Waals surface area contributed by atoms with Gasteiger partial charge >= 0.3 is 0 Å². The van der Waals surface area contributed by atoms with E-state index in [2.05, 4.69) is 0 Å². The Bertz CT molecular complexity index is 23.1. The zero-order valence-electron chi connectivity index (χ0n) is 3.30. The quantitative estimate of drug-likeness (QED) is 0.472. The minimum absolute atomic E-state index is 1.38. The maximum absolute atomic E-state index is 8.16. The van der Waals surface area contributed by atoms with Crippen molar-refractivity contribution >= 4 is 10.6 Å². The third-order valence-corrected chi connectivity index (χ3v) is 0. The summed E-state index contributed by atoms with van der Waals surface area (Å²) in [4.78, 5) is 0. The third kappa shape index (κ3) is 302. The molecule has 0 rings (SSSR count). The first-order valence-electron chi connectivity index (χ1n) is 1.18. The summed E-state index contributed by atoms with van der Waals surface area (Å²) in [5, 5.41) is 0. The van der Waals surface area contributed by atoms with Gasteiger partial charge in [0.25, 0.3) is 0 Å². The van der Waals surface area contributed by atoms with Crippen LogP contribution in [0, 0.1) is 0 Å². The van der Waals surface area contributed by atoms with E-state index in [0.717, 1.165) is 0 Å². The van der Waals surface area contributed by atoms with Crippen molar-refractivity contribution in [1.82, 2.24) is 0 Å². The number of rotatable bonds is 0. The first kappa shape index (κ1) is 5.27. The first-order chi connectivity index (χ1) is 2.00. The summed E-state index contributed by atoms with van der Waals surface area (Å²) in [5.41, 5.74) is 0. The van der Waals surface area contributed by atoms with Gasteiger partial charge in [0, 0.05) is 12.5 Å². The van der Waals surface area contributed by atoms with E-state index < -0.39 is 10.6 Å². The summed E-state index contributed by atoms with van der Waals surface area (Å²) < 4.78 is 16.3. The molecule has 0 aromatic carbocycles. The highest BCUT2D eigenvalue weighted by atomic mass is 32.3. The van der Waals surface area contributed by atoms with Gasteiger partial charge in [0.1, 0.15) is 0 Å². The van der Waals surface area contributed by atoms with Crippen LogP contribution in [0.25, 0.3) is 0 Å². The molecule has 0 aliphatic heterocycles. The summed E-state index contributed by atoms with van der Waals surface area (Å²) in [7, 11) is -2.17. The Hall–Kier alpha value is 0.270. The lowest BCUT2D eigenvalue weighted by Crippen LogP contribution is -1.85. The summed E-state index contributed by atoms with van der Waals surface area (Å²) in [6.45, 7) is 0. The van der Waals surface area contributed by atoms with Crippen molar-refractivity contribution in [2.45, 2.75) is 0 Å². The maximum atomic E-state index is 8.16. The van der Waals surface area contributed by atoms with Crippen molar-refractivity contribution < 1.29 is 9.11 Å². The normalized spacial score (nSPS) is 15.2. The molecule has 0 fully saturated rings. The maximum Gasteiger partial charge on any atom is 0.0258 e. The van der Waals surface area contributed by atoms with Crippen molar-refractivity contribution in [2.75, 3.05) is 12.5 Å². The fourth-order valence-electron chi connectivity index (χ4n) is 0. The van der Waals surface area contributed by atoms with Crippen LogP contribution in [0.2, 0.25) is 0 Å². The fourth-order valence-corrected chi connectivity index (χ4v) is 0. The van der Waals surface area contributed by atoms with Gasteiger partial charge in [-0.15, -0.1) is 0 Å². The molecule has 0 aromatic rings. The molecule has 0 spiro atoms. The monoisotopic (exact) mass is 96.0 g/mol. The predicted molar refractivity (Wildman–Crippen MR) is 24.7 cm³/mol. The largest absolute Gasteiger partial charge is 0.300 e. The van der Waals surface area contributed by atoms with Gasteiger partial charge in [0.05, 0.1) is 0 Å². The van der Waals surface area contributed by atoms with Gasteiger partial charge in [-0.25, -0.2) is 10.6 Å². The molecule has 3 heteroatoms. The van der Waals surface area contributed by atoms with Crippen LogP contribution < -0.4 is 0 Å². The molecule has 0 bridgehead atoms. The van der Waals surface area contributed by atoms with Crippen LogP contribution in [0.15, 0.2) is 0 Å². The summed E-state index contributed by atoms with van der Waals surface area (Å²) in [6, 6.07) is 0. The van der Waals surface area contributed by atoms with E-state index in [4.69, 9.17) is 9.11 Å². The third-order valence-electron chi connectivity index (χ3n) is 0. The lowest BCUT2D eigenvalue weighted by Gasteiger charge is -2.18. The van der Waals surface area contributed by atoms with E-state index in [9.17, 15) is 0 Å². The summed E-state index contributed by atoms with van der Waals surface area (Å²) in [6.07, 6.45) is 2.76. The van der Waals surface area contributed by atoms with Crippen molar-refractivity contribution in [1.29, 1.82) is 0 Å². The van der Waals surface area contributed by atoms with Gasteiger partial charge in [0.2, 0.25) is 0 Å². The van der Waals surface area contributed by atoms with E-state index in [1.165, 1.54) is 12.5 Å².